The minimum Gasteiger partial charge on any atom is -0.495 e. The van der Waals surface area contributed by atoms with E-state index in [-0.39, 0.29) is 11.8 Å². The number of hydrogen-bond donors (Lipinski definition) is 1. The van der Waals surface area contributed by atoms with Gasteiger partial charge in [-0.1, -0.05) is 19.3 Å². The summed E-state index contributed by atoms with van der Waals surface area (Å²) < 4.78 is 5.08. The Bertz CT molecular complexity index is 499. The van der Waals surface area contributed by atoms with Crippen molar-refractivity contribution >= 4 is 11.6 Å². The van der Waals surface area contributed by atoms with Gasteiger partial charge in [0.05, 0.1) is 12.7 Å². The number of rotatable bonds is 3. The van der Waals surface area contributed by atoms with E-state index in [4.69, 9.17) is 10.00 Å². The number of benzene rings is 1. The molecular weight excluding hydrogens is 240 g/mol. The van der Waals surface area contributed by atoms with E-state index in [9.17, 15) is 4.79 Å². The van der Waals surface area contributed by atoms with E-state index in [1.807, 2.05) is 0 Å². The van der Waals surface area contributed by atoms with Gasteiger partial charge < -0.3 is 10.1 Å². The fraction of sp³-hybridized carbons (Fsp3) is 0.467. The molecule has 1 N–H and O–H groups in total. The first-order chi connectivity index (χ1) is 9.24. The van der Waals surface area contributed by atoms with Gasteiger partial charge in [0.2, 0.25) is 5.91 Å². The number of amides is 1. The Balaban J connectivity index is 2.06. The fourth-order valence-corrected chi connectivity index (χ4v) is 2.48. The average molecular weight is 258 g/mol. The molecule has 0 saturated heterocycles. The van der Waals surface area contributed by atoms with Gasteiger partial charge in [-0.15, -0.1) is 0 Å². The fourth-order valence-electron chi connectivity index (χ4n) is 2.48. The molecule has 0 atom stereocenters. The highest BCUT2D eigenvalue weighted by Crippen LogP contribution is 2.26. The molecule has 1 aromatic rings. The van der Waals surface area contributed by atoms with Gasteiger partial charge in [0, 0.05) is 11.6 Å². The van der Waals surface area contributed by atoms with Crippen molar-refractivity contribution in [1.82, 2.24) is 0 Å². The Labute approximate surface area is 113 Å². The largest absolute Gasteiger partial charge is 0.495 e. The molecule has 1 aliphatic carbocycles. The highest BCUT2D eigenvalue weighted by molar-refractivity contribution is 5.92. The molecule has 2 rings (SSSR count). The van der Waals surface area contributed by atoms with Crippen molar-refractivity contribution in [1.29, 1.82) is 5.26 Å². The minimum atomic E-state index is 0.0637. The summed E-state index contributed by atoms with van der Waals surface area (Å²) in [5.41, 5.74) is 1.09. The van der Waals surface area contributed by atoms with Crippen LogP contribution >= 0.6 is 0 Å². The number of ether oxygens (including phenoxy) is 1. The molecule has 0 aliphatic heterocycles. The van der Waals surface area contributed by atoms with Gasteiger partial charge in [0.1, 0.15) is 11.8 Å². The predicted octanol–water partition coefficient (Wildman–Crippen LogP) is 3.09. The lowest BCUT2D eigenvalue weighted by molar-refractivity contribution is -0.120. The van der Waals surface area contributed by atoms with Crippen molar-refractivity contribution in [2.75, 3.05) is 12.4 Å². The Morgan fingerprint density at radius 1 is 1.37 bits per heavy atom. The third kappa shape index (κ3) is 3.25. The van der Waals surface area contributed by atoms with Crippen LogP contribution in [0, 0.1) is 17.2 Å². The van der Waals surface area contributed by atoms with Crippen LogP contribution in [0.4, 0.5) is 5.69 Å². The van der Waals surface area contributed by atoms with Gasteiger partial charge in [-0.3, -0.25) is 4.79 Å². The Kier molecular flexibility index (Phi) is 4.40. The zero-order valence-corrected chi connectivity index (χ0v) is 11.1. The van der Waals surface area contributed by atoms with Crippen LogP contribution in [-0.4, -0.2) is 13.0 Å². The van der Waals surface area contributed by atoms with E-state index in [0.717, 1.165) is 25.7 Å². The van der Waals surface area contributed by atoms with Gasteiger partial charge in [0.15, 0.2) is 0 Å². The summed E-state index contributed by atoms with van der Waals surface area (Å²) in [6, 6.07) is 7.18. The quantitative estimate of drug-likeness (QED) is 0.906. The van der Waals surface area contributed by atoms with Gasteiger partial charge in [-0.25, -0.2) is 0 Å². The van der Waals surface area contributed by atoms with Crippen LogP contribution in [0.25, 0.3) is 0 Å². The van der Waals surface area contributed by atoms with Crippen molar-refractivity contribution in [3.05, 3.63) is 23.8 Å². The molecule has 0 heterocycles. The van der Waals surface area contributed by atoms with Crippen LogP contribution < -0.4 is 10.1 Å². The molecular formula is C15H18N2O2. The van der Waals surface area contributed by atoms with Gasteiger partial charge in [-0.05, 0) is 31.0 Å². The first-order valence-electron chi connectivity index (χ1n) is 6.63. The first kappa shape index (κ1) is 13.4. The summed E-state index contributed by atoms with van der Waals surface area (Å²) in [5, 5.41) is 11.9. The first-order valence-corrected chi connectivity index (χ1v) is 6.63. The van der Waals surface area contributed by atoms with E-state index in [1.54, 1.807) is 18.2 Å². The molecule has 0 unspecified atom stereocenters. The van der Waals surface area contributed by atoms with Crippen LogP contribution in [0.5, 0.6) is 5.75 Å². The molecule has 4 nitrogen and oxygen atoms in total. The normalized spacial score (nSPS) is 15.6. The van der Waals surface area contributed by atoms with E-state index >= 15 is 0 Å². The molecule has 0 radical (unpaired) electrons. The highest BCUT2D eigenvalue weighted by Gasteiger charge is 2.21. The summed E-state index contributed by atoms with van der Waals surface area (Å²) >= 11 is 0. The third-order valence-electron chi connectivity index (χ3n) is 3.56. The molecule has 100 valence electrons. The molecule has 1 saturated carbocycles. The predicted molar refractivity (Wildman–Crippen MR) is 72.9 cm³/mol. The van der Waals surface area contributed by atoms with Crippen molar-refractivity contribution in [2.45, 2.75) is 32.1 Å². The summed E-state index contributed by atoms with van der Waals surface area (Å²) in [6.07, 6.45) is 5.42. The summed E-state index contributed by atoms with van der Waals surface area (Å²) in [4.78, 5) is 12.1. The Morgan fingerprint density at radius 2 is 2.11 bits per heavy atom. The number of carbonyl (C=O) groups is 1. The number of anilines is 1. The van der Waals surface area contributed by atoms with Crippen LogP contribution in [0.1, 0.15) is 37.7 Å². The number of nitrogens with zero attached hydrogens (tertiary/aromatic N) is 1. The number of methoxy groups -OCH3 is 1. The van der Waals surface area contributed by atoms with Crippen LogP contribution in [0.2, 0.25) is 0 Å². The molecule has 0 spiro atoms. The maximum absolute atomic E-state index is 12.1. The topological polar surface area (TPSA) is 62.1 Å². The Morgan fingerprint density at radius 3 is 2.74 bits per heavy atom. The van der Waals surface area contributed by atoms with E-state index in [0.29, 0.717) is 17.0 Å². The van der Waals surface area contributed by atoms with Crippen molar-refractivity contribution in [3.63, 3.8) is 0 Å². The third-order valence-corrected chi connectivity index (χ3v) is 3.56. The van der Waals surface area contributed by atoms with Crippen molar-refractivity contribution < 1.29 is 9.53 Å². The lowest BCUT2D eigenvalue weighted by Gasteiger charge is -2.20. The maximum atomic E-state index is 12.1. The number of nitrogens with one attached hydrogen (secondary N) is 1. The molecule has 1 fully saturated rings. The molecule has 1 amide bonds. The second kappa shape index (κ2) is 6.24. The SMILES string of the molecule is COc1ccc(NC(=O)C2CCCCC2)cc1C#N. The lowest BCUT2D eigenvalue weighted by Crippen LogP contribution is -2.24. The zero-order chi connectivity index (χ0) is 13.7. The van der Waals surface area contributed by atoms with Crippen molar-refractivity contribution in [2.24, 2.45) is 5.92 Å². The molecule has 1 aromatic carbocycles. The van der Waals surface area contributed by atoms with Crippen LogP contribution in [0.15, 0.2) is 18.2 Å². The van der Waals surface area contributed by atoms with E-state index < -0.39 is 0 Å². The van der Waals surface area contributed by atoms with Crippen LogP contribution in [-0.2, 0) is 4.79 Å². The summed E-state index contributed by atoms with van der Waals surface area (Å²) in [6.45, 7) is 0. The Hall–Kier alpha value is -2.02. The maximum Gasteiger partial charge on any atom is 0.227 e. The van der Waals surface area contributed by atoms with Gasteiger partial charge in [0.25, 0.3) is 0 Å². The molecule has 19 heavy (non-hydrogen) atoms. The molecule has 4 heteroatoms. The number of hydrogen-bond acceptors (Lipinski definition) is 3. The second-order valence-electron chi connectivity index (χ2n) is 4.85. The standard InChI is InChI=1S/C15H18N2O2/c1-19-14-8-7-13(9-12(14)10-16)17-15(18)11-5-3-2-4-6-11/h7-9,11H,2-6H2,1H3,(H,17,18). The van der Waals surface area contributed by atoms with Crippen LogP contribution in [0.3, 0.4) is 0 Å². The molecule has 0 bridgehead atoms. The smallest absolute Gasteiger partial charge is 0.227 e. The second-order valence-corrected chi connectivity index (χ2v) is 4.85. The summed E-state index contributed by atoms with van der Waals surface area (Å²) in [5.74, 6) is 0.702. The van der Waals surface area contributed by atoms with Gasteiger partial charge in [-0.2, -0.15) is 5.26 Å². The zero-order valence-electron chi connectivity index (χ0n) is 11.1. The minimum absolute atomic E-state index is 0.0637. The monoisotopic (exact) mass is 258 g/mol. The average Bonchev–Trinajstić information content (AvgIpc) is 2.48. The van der Waals surface area contributed by atoms with E-state index in [1.165, 1.54) is 13.5 Å². The highest BCUT2D eigenvalue weighted by atomic mass is 16.5. The lowest BCUT2D eigenvalue weighted by atomic mass is 9.88. The van der Waals surface area contributed by atoms with Crippen molar-refractivity contribution in [3.8, 4) is 11.8 Å². The molecule has 1 aliphatic rings. The molecule has 0 aromatic heterocycles. The van der Waals surface area contributed by atoms with E-state index in [2.05, 4.69) is 11.4 Å². The van der Waals surface area contributed by atoms with Gasteiger partial charge >= 0.3 is 0 Å². The number of carbonyl (C=O) groups excluding carboxylic acids is 1. The number of nitriles is 1. The summed E-state index contributed by atoms with van der Waals surface area (Å²) in [7, 11) is 1.52.